The molecule has 0 atom stereocenters. The molecule has 0 aromatic carbocycles. The van der Waals surface area contributed by atoms with Crippen molar-refractivity contribution in [1.29, 1.82) is 0 Å². The van der Waals surface area contributed by atoms with Gasteiger partial charge in [0.15, 0.2) is 0 Å². The van der Waals surface area contributed by atoms with Gasteiger partial charge in [-0.1, -0.05) is 25.7 Å². The van der Waals surface area contributed by atoms with Gasteiger partial charge in [-0.3, -0.25) is 0 Å². The molecule has 0 radical (unpaired) electrons. The molecule has 62 valence electrons. The first-order valence-corrected chi connectivity index (χ1v) is 4.00. The van der Waals surface area contributed by atoms with Crippen molar-refractivity contribution in [3.8, 4) is 0 Å². The molecule has 1 aliphatic carbocycles. The van der Waals surface area contributed by atoms with Gasteiger partial charge in [0.1, 0.15) is 0 Å². The van der Waals surface area contributed by atoms with Crippen molar-refractivity contribution in [3.05, 3.63) is 0 Å². The minimum absolute atomic E-state index is 0. The van der Waals surface area contributed by atoms with E-state index in [-0.39, 0.29) is 11.7 Å². The zero-order chi connectivity index (χ0) is 6.74. The van der Waals surface area contributed by atoms with E-state index >= 15 is 0 Å². The molecule has 0 saturated heterocycles. The van der Waals surface area contributed by atoms with E-state index in [1.807, 2.05) is 0 Å². The number of rotatable bonds is 0. The second kappa shape index (κ2) is 3.94. The second-order valence-electron chi connectivity index (χ2n) is 3.57. The van der Waals surface area contributed by atoms with E-state index in [0.717, 1.165) is 0 Å². The fraction of sp³-hybridized carbons (Fsp3) is 1.00. The SMILES string of the molecule is CC1(N)CCCCCC1.N. The highest BCUT2D eigenvalue weighted by atomic mass is 14.7. The molecule has 0 amide bonds. The van der Waals surface area contributed by atoms with E-state index in [2.05, 4.69) is 6.92 Å². The smallest absolute Gasteiger partial charge is 0.0125 e. The molecule has 0 bridgehead atoms. The summed E-state index contributed by atoms with van der Waals surface area (Å²) in [5, 5.41) is 0. The quantitative estimate of drug-likeness (QED) is 0.512. The molecular weight excluding hydrogens is 124 g/mol. The average Bonchev–Trinajstić information content (AvgIpc) is 1.92. The molecule has 10 heavy (non-hydrogen) atoms. The van der Waals surface area contributed by atoms with Crippen LogP contribution in [0, 0.1) is 0 Å². The molecule has 2 nitrogen and oxygen atoms in total. The van der Waals surface area contributed by atoms with Gasteiger partial charge < -0.3 is 11.9 Å². The molecule has 1 saturated carbocycles. The Labute approximate surface area is 63.8 Å². The first-order valence-electron chi connectivity index (χ1n) is 4.00. The van der Waals surface area contributed by atoms with Crippen molar-refractivity contribution < 1.29 is 0 Å². The lowest BCUT2D eigenvalue weighted by Crippen LogP contribution is -2.34. The van der Waals surface area contributed by atoms with E-state index in [0.29, 0.717) is 0 Å². The van der Waals surface area contributed by atoms with E-state index in [4.69, 9.17) is 5.73 Å². The van der Waals surface area contributed by atoms with Crippen LogP contribution in [-0.4, -0.2) is 5.54 Å². The van der Waals surface area contributed by atoms with Crippen molar-refractivity contribution in [3.63, 3.8) is 0 Å². The normalized spacial score (nSPS) is 24.6. The van der Waals surface area contributed by atoms with Gasteiger partial charge in [0.25, 0.3) is 0 Å². The van der Waals surface area contributed by atoms with Gasteiger partial charge >= 0.3 is 0 Å². The van der Waals surface area contributed by atoms with Gasteiger partial charge in [0, 0.05) is 5.54 Å². The third kappa shape index (κ3) is 3.18. The van der Waals surface area contributed by atoms with Gasteiger partial charge in [0.05, 0.1) is 0 Å². The maximum atomic E-state index is 5.98. The lowest BCUT2D eigenvalue weighted by Gasteiger charge is -2.21. The number of hydrogen-bond donors (Lipinski definition) is 2. The van der Waals surface area contributed by atoms with Gasteiger partial charge in [-0.15, -0.1) is 0 Å². The minimum atomic E-state index is 0. The van der Waals surface area contributed by atoms with Crippen molar-refractivity contribution in [1.82, 2.24) is 6.15 Å². The molecular formula is C8H20N2. The van der Waals surface area contributed by atoms with E-state index in [9.17, 15) is 0 Å². The average molecular weight is 144 g/mol. The van der Waals surface area contributed by atoms with Crippen LogP contribution in [0.15, 0.2) is 0 Å². The Morgan fingerprint density at radius 3 is 1.80 bits per heavy atom. The molecule has 1 rings (SSSR count). The lowest BCUT2D eigenvalue weighted by molar-refractivity contribution is 0.409. The number of nitrogens with two attached hydrogens (primary N) is 1. The highest BCUT2D eigenvalue weighted by Crippen LogP contribution is 2.23. The predicted octanol–water partition coefficient (Wildman–Crippen LogP) is 2.22. The maximum absolute atomic E-state index is 5.98. The minimum Gasteiger partial charge on any atom is -0.344 e. The number of hydrogen-bond acceptors (Lipinski definition) is 2. The molecule has 1 aliphatic rings. The van der Waals surface area contributed by atoms with Gasteiger partial charge in [-0.05, 0) is 19.8 Å². The standard InChI is InChI=1S/C8H17N.H3N/c1-8(9)6-4-2-3-5-7-8;/h2-7,9H2,1H3;1H3. The van der Waals surface area contributed by atoms with Gasteiger partial charge in [-0.25, -0.2) is 0 Å². The maximum Gasteiger partial charge on any atom is 0.0125 e. The molecule has 2 heteroatoms. The van der Waals surface area contributed by atoms with Crippen LogP contribution in [0.25, 0.3) is 0 Å². The first-order chi connectivity index (χ1) is 4.21. The molecule has 0 heterocycles. The zero-order valence-electron chi connectivity index (χ0n) is 7.03. The van der Waals surface area contributed by atoms with Crippen LogP contribution in [0.3, 0.4) is 0 Å². The van der Waals surface area contributed by atoms with E-state index < -0.39 is 0 Å². The van der Waals surface area contributed by atoms with Crippen LogP contribution in [0.5, 0.6) is 0 Å². The monoisotopic (exact) mass is 144 g/mol. The summed E-state index contributed by atoms with van der Waals surface area (Å²) < 4.78 is 0. The summed E-state index contributed by atoms with van der Waals surface area (Å²) in [7, 11) is 0. The lowest BCUT2D eigenvalue weighted by atomic mass is 9.94. The predicted molar refractivity (Wildman–Crippen MR) is 45.3 cm³/mol. The fourth-order valence-corrected chi connectivity index (χ4v) is 1.54. The Morgan fingerprint density at radius 2 is 1.40 bits per heavy atom. The van der Waals surface area contributed by atoms with Crippen LogP contribution in [0.1, 0.15) is 45.4 Å². The summed E-state index contributed by atoms with van der Waals surface area (Å²) in [4.78, 5) is 0. The third-order valence-electron chi connectivity index (χ3n) is 2.25. The second-order valence-corrected chi connectivity index (χ2v) is 3.57. The molecule has 0 unspecified atom stereocenters. The molecule has 0 spiro atoms. The summed E-state index contributed by atoms with van der Waals surface area (Å²) in [5.74, 6) is 0. The van der Waals surface area contributed by atoms with Crippen LogP contribution >= 0.6 is 0 Å². The highest BCUT2D eigenvalue weighted by molar-refractivity contribution is 4.80. The molecule has 0 aromatic heterocycles. The Morgan fingerprint density at radius 1 is 1.00 bits per heavy atom. The molecule has 1 fully saturated rings. The van der Waals surface area contributed by atoms with Crippen molar-refractivity contribution >= 4 is 0 Å². The molecule has 5 N–H and O–H groups in total. The Kier molecular flexibility index (Phi) is 3.91. The Hall–Kier alpha value is -0.0800. The first kappa shape index (κ1) is 9.92. The molecule has 0 aromatic rings. The summed E-state index contributed by atoms with van der Waals surface area (Å²) >= 11 is 0. The van der Waals surface area contributed by atoms with Gasteiger partial charge in [0.2, 0.25) is 0 Å². The summed E-state index contributed by atoms with van der Waals surface area (Å²) in [6.07, 6.45) is 7.93. The summed E-state index contributed by atoms with van der Waals surface area (Å²) in [6, 6.07) is 0. The summed E-state index contributed by atoms with van der Waals surface area (Å²) in [5.41, 5.74) is 6.14. The Bertz CT molecular complexity index is 79.3. The molecule has 0 aliphatic heterocycles. The van der Waals surface area contributed by atoms with E-state index in [1.54, 1.807) is 0 Å². The third-order valence-corrected chi connectivity index (χ3v) is 2.25. The van der Waals surface area contributed by atoms with Gasteiger partial charge in [-0.2, -0.15) is 0 Å². The van der Waals surface area contributed by atoms with E-state index in [1.165, 1.54) is 38.5 Å². The highest BCUT2D eigenvalue weighted by Gasteiger charge is 2.19. The van der Waals surface area contributed by atoms with Crippen LogP contribution < -0.4 is 11.9 Å². The van der Waals surface area contributed by atoms with Crippen molar-refractivity contribution in [2.75, 3.05) is 0 Å². The fourth-order valence-electron chi connectivity index (χ4n) is 1.54. The topological polar surface area (TPSA) is 61.0 Å². The Balaban J connectivity index is 0.000000810. The van der Waals surface area contributed by atoms with Crippen molar-refractivity contribution in [2.24, 2.45) is 5.73 Å². The zero-order valence-corrected chi connectivity index (χ0v) is 7.03. The van der Waals surface area contributed by atoms with Crippen LogP contribution in [-0.2, 0) is 0 Å². The van der Waals surface area contributed by atoms with Crippen molar-refractivity contribution in [2.45, 2.75) is 51.0 Å². The van der Waals surface area contributed by atoms with Crippen LogP contribution in [0.4, 0.5) is 0 Å². The summed E-state index contributed by atoms with van der Waals surface area (Å²) in [6.45, 7) is 2.18. The van der Waals surface area contributed by atoms with Crippen LogP contribution in [0.2, 0.25) is 0 Å². The largest absolute Gasteiger partial charge is 0.344 e.